The molecular weight excluding hydrogens is 246 g/mol. The van der Waals surface area contributed by atoms with E-state index in [2.05, 4.69) is 4.94 Å². The molecule has 104 valence electrons. The smallest absolute Gasteiger partial charge is 0.123 e. The van der Waals surface area contributed by atoms with Crippen LogP contribution in [0.15, 0.2) is 24.3 Å². The SMILES string of the molecule is CC1(OF)CC2CCCC(c3ccc(F)cc3)C2C1. The zero-order chi connectivity index (χ0) is 13.5. The van der Waals surface area contributed by atoms with Gasteiger partial charge in [0.2, 0.25) is 0 Å². The molecule has 19 heavy (non-hydrogen) atoms. The Morgan fingerprint density at radius 2 is 1.89 bits per heavy atom. The lowest BCUT2D eigenvalue weighted by Gasteiger charge is -2.34. The Labute approximate surface area is 112 Å². The van der Waals surface area contributed by atoms with Crippen LogP contribution in [-0.2, 0) is 4.94 Å². The van der Waals surface area contributed by atoms with Crippen molar-refractivity contribution in [3.8, 4) is 0 Å². The summed E-state index contributed by atoms with van der Waals surface area (Å²) in [6.45, 7) is 1.87. The van der Waals surface area contributed by atoms with Gasteiger partial charge < -0.3 is 0 Å². The van der Waals surface area contributed by atoms with Gasteiger partial charge in [-0.3, -0.25) is 0 Å². The van der Waals surface area contributed by atoms with Crippen molar-refractivity contribution >= 4 is 0 Å². The minimum atomic E-state index is -0.613. The molecule has 0 aromatic heterocycles. The van der Waals surface area contributed by atoms with Gasteiger partial charge in [0.15, 0.2) is 0 Å². The summed E-state index contributed by atoms with van der Waals surface area (Å²) < 4.78 is 25.8. The number of rotatable bonds is 2. The van der Waals surface area contributed by atoms with Gasteiger partial charge in [0.1, 0.15) is 11.4 Å². The Kier molecular flexibility index (Phi) is 3.34. The Morgan fingerprint density at radius 1 is 1.16 bits per heavy atom. The van der Waals surface area contributed by atoms with Crippen LogP contribution in [0.2, 0.25) is 0 Å². The van der Waals surface area contributed by atoms with E-state index in [0.717, 1.165) is 19.3 Å². The third-order valence-electron chi connectivity index (χ3n) is 5.06. The molecule has 4 unspecified atom stereocenters. The highest BCUT2D eigenvalue weighted by Crippen LogP contribution is 2.54. The van der Waals surface area contributed by atoms with Gasteiger partial charge in [0.25, 0.3) is 0 Å². The second-order valence-corrected chi connectivity index (χ2v) is 6.45. The average Bonchev–Trinajstić information content (AvgIpc) is 2.77. The van der Waals surface area contributed by atoms with Gasteiger partial charge in [-0.25, -0.2) is 4.39 Å². The largest absolute Gasteiger partial charge is 0.207 e. The van der Waals surface area contributed by atoms with Crippen LogP contribution in [-0.4, -0.2) is 5.60 Å². The molecule has 1 nitrogen and oxygen atoms in total. The summed E-state index contributed by atoms with van der Waals surface area (Å²) in [7, 11) is 0. The average molecular weight is 266 g/mol. The molecule has 1 aromatic rings. The fourth-order valence-electron chi connectivity index (χ4n) is 4.24. The lowest BCUT2D eigenvalue weighted by atomic mass is 9.71. The van der Waals surface area contributed by atoms with Crippen molar-refractivity contribution in [1.82, 2.24) is 0 Å². The van der Waals surface area contributed by atoms with Crippen molar-refractivity contribution < 1.29 is 13.9 Å². The Bertz CT molecular complexity index is 445. The van der Waals surface area contributed by atoms with Crippen molar-refractivity contribution in [3.05, 3.63) is 35.6 Å². The van der Waals surface area contributed by atoms with Crippen LogP contribution in [0.4, 0.5) is 8.92 Å². The molecule has 0 amide bonds. The van der Waals surface area contributed by atoms with E-state index >= 15 is 0 Å². The minimum absolute atomic E-state index is 0.195. The molecule has 3 heteroatoms. The fraction of sp³-hybridized carbons (Fsp3) is 0.625. The molecule has 0 aliphatic heterocycles. The highest BCUT2D eigenvalue weighted by molar-refractivity contribution is 5.23. The highest BCUT2D eigenvalue weighted by Gasteiger charge is 2.48. The van der Waals surface area contributed by atoms with Crippen LogP contribution in [0, 0.1) is 17.7 Å². The van der Waals surface area contributed by atoms with Gasteiger partial charge in [-0.2, -0.15) is 4.94 Å². The highest BCUT2D eigenvalue weighted by atomic mass is 19.3. The second kappa shape index (κ2) is 4.86. The first-order valence-electron chi connectivity index (χ1n) is 7.16. The van der Waals surface area contributed by atoms with E-state index in [0.29, 0.717) is 17.8 Å². The fourth-order valence-corrected chi connectivity index (χ4v) is 4.24. The molecule has 2 fully saturated rings. The maximum absolute atomic E-state index is 13.0. The summed E-state index contributed by atoms with van der Waals surface area (Å²) in [5, 5.41) is 0. The quantitative estimate of drug-likeness (QED) is 0.748. The van der Waals surface area contributed by atoms with Gasteiger partial charge in [0.05, 0.1) is 0 Å². The van der Waals surface area contributed by atoms with E-state index in [-0.39, 0.29) is 5.82 Å². The first-order chi connectivity index (χ1) is 9.11. The first kappa shape index (κ1) is 13.0. The van der Waals surface area contributed by atoms with Crippen LogP contribution in [0.5, 0.6) is 0 Å². The summed E-state index contributed by atoms with van der Waals surface area (Å²) in [4.78, 5) is 4.23. The van der Waals surface area contributed by atoms with Crippen molar-refractivity contribution in [2.75, 3.05) is 0 Å². The van der Waals surface area contributed by atoms with Crippen LogP contribution in [0.25, 0.3) is 0 Å². The Morgan fingerprint density at radius 3 is 2.58 bits per heavy atom. The summed E-state index contributed by atoms with van der Waals surface area (Å²) in [6.07, 6.45) is 5.05. The summed E-state index contributed by atoms with van der Waals surface area (Å²) in [5.74, 6) is 1.25. The number of halogens is 2. The van der Waals surface area contributed by atoms with E-state index in [1.807, 2.05) is 19.1 Å². The number of fused-ring (bicyclic) bond motifs is 1. The second-order valence-electron chi connectivity index (χ2n) is 6.45. The molecule has 0 saturated heterocycles. The van der Waals surface area contributed by atoms with E-state index < -0.39 is 5.60 Å². The van der Waals surface area contributed by atoms with Crippen molar-refractivity contribution in [2.24, 2.45) is 11.8 Å². The first-order valence-corrected chi connectivity index (χ1v) is 7.16. The number of hydrogen-bond acceptors (Lipinski definition) is 1. The molecule has 2 saturated carbocycles. The minimum Gasteiger partial charge on any atom is -0.207 e. The third kappa shape index (κ3) is 2.40. The third-order valence-corrected chi connectivity index (χ3v) is 5.06. The summed E-state index contributed by atoms with van der Waals surface area (Å²) in [5.41, 5.74) is 0.581. The van der Waals surface area contributed by atoms with Gasteiger partial charge in [-0.15, -0.1) is 0 Å². The Balaban J connectivity index is 1.84. The topological polar surface area (TPSA) is 9.23 Å². The van der Waals surface area contributed by atoms with Crippen molar-refractivity contribution in [1.29, 1.82) is 0 Å². The molecule has 3 rings (SSSR count). The van der Waals surface area contributed by atoms with E-state index in [4.69, 9.17) is 0 Å². The molecule has 2 aliphatic rings. The molecule has 0 radical (unpaired) electrons. The number of benzene rings is 1. The van der Waals surface area contributed by atoms with Gasteiger partial charge in [-0.05, 0) is 66.2 Å². The zero-order valence-corrected chi connectivity index (χ0v) is 11.2. The van der Waals surface area contributed by atoms with Gasteiger partial charge >= 0.3 is 0 Å². The van der Waals surface area contributed by atoms with Crippen LogP contribution in [0.3, 0.4) is 0 Å². The molecule has 2 aliphatic carbocycles. The van der Waals surface area contributed by atoms with E-state index in [1.165, 1.54) is 30.5 Å². The van der Waals surface area contributed by atoms with Crippen LogP contribution in [0.1, 0.15) is 50.5 Å². The van der Waals surface area contributed by atoms with E-state index in [1.54, 1.807) is 0 Å². The predicted octanol–water partition coefficient (Wildman–Crippen LogP) is 4.78. The standard InChI is InChI=1S/C16H20F2O/c1-16(19-18)9-12-3-2-4-14(15(12)10-16)11-5-7-13(17)8-6-11/h5-8,12,14-15H,2-4,9-10H2,1H3. The lowest BCUT2D eigenvalue weighted by molar-refractivity contribution is -0.228. The normalized spacial score (nSPS) is 38.2. The number of hydrogen-bond donors (Lipinski definition) is 0. The van der Waals surface area contributed by atoms with E-state index in [9.17, 15) is 8.92 Å². The molecule has 4 atom stereocenters. The molecule has 0 N–H and O–H groups in total. The molecule has 1 aromatic carbocycles. The van der Waals surface area contributed by atoms with Gasteiger partial charge in [0, 0.05) is 0 Å². The molecule has 0 bridgehead atoms. The Hall–Kier alpha value is -0.960. The maximum Gasteiger partial charge on any atom is 0.123 e. The lowest BCUT2D eigenvalue weighted by Crippen LogP contribution is -2.23. The monoisotopic (exact) mass is 266 g/mol. The van der Waals surface area contributed by atoms with Gasteiger partial charge in [-0.1, -0.05) is 25.0 Å². The maximum atomic E-state index is 13.0. The molecule has 0 spiro atoms. The molecular formula is C16H20F2O. The summed E-state index contributed by atoms with van der Waals surface area (Å²) in [6, 6.07) is 6.82. The van der Waals surface area contributed by atoms with Crippen molar-refractivity contribution in [2.45, 2.75) is 50.5 Å². The van der Waals surface area contributed by atoms with Crippen LogP contribution < -0.4 is 0 Å². The van der Waals surface area contributed by atoms with Crippen LogP contribution >= 0.6 is 0 Å². The van der Waals surface area contributed by atoms with Crippen molar-refractivity contribution in [3.63, 3.8) is 0 Å². The summed E-state index contributed by atoms with van der Waals surface area (Å²) >= 11 is 0. The predicted molar refractivity (Wildman–Crippen MR) is 69.8 cm³/mol. The molecule has 0 heterocycles. The zero-order valence-electron chi connectivity index (χ0n) is 11.2.